The van der Waals surface area contributed by atoms with Gasteiger partial charge in [-0.3, -0.25) is 9.59 Å². The molecule has 1 N–H and O–H groups in total. The molecule has 21 heavy (non-hydrogen) atoms. The molecule has 0 spiro atoms. The van der Waals surface area contributed by atoms with E-state index in [4.69, 9.17) is 0 Å². The van der Waals surface area contributed by atoms with E-state index >= 15 is 0 Å². The molecule has 2 rings (SSSR count). The Bertz CT molecular complexity index is 693. The van der Waals surface area contributed by atoms with Crippen molar-refractivity contribution >= 4 is 17.4 Å². The maximum Gasteiger partial charge on any atom is 0.290 e. The molecule has 1 aromatic heterocycles. The van der Waals surface area contributed by atoms with E-state index in [0.717, 1.165) is 11.3 Å². The van der Waals surface area contributed by atoms with E-state index in [1.54, 1.807) is 29.1 Å². The molecule has 0 saturated carbocycles. The number of hydrogen-bond acceptors (Lipinski definition) is 2. The van der Waals surface area contributed by atoms with Crippen molar-refractivity contribution in [1.29, 1.82) is 0 Å². The number of Topliss-reactive ketones (excluding diaryl/α,β-unsaturated/α-hetero) is 1. The highest BCUT2D eigenvalue weighted by molar-refractivity contribution is 5.93. The van der Waals surface area contributed by atoms with Gasteiger partial charge in [-0.25, -0.2) is 0 Å². The van der Waals surface area contributed by atoms with Crippen LogP contribution in [0.2, 0.25) is 0 Å². The first-order valence-electron chi connectivity index (χ1n) is 6.83. The Balaban J connectivity index is 2.06. The van der Waals surface area contributed by atoms with Gasteiger partial charge in [0.05, 0.1) is 5.56 Å². The van der Waals surface area contributed by atoms with E-state index in [9.17, 15) is 9.59 Å². The molecule has 0 aliphatic carbocycles. The first kappa shape index (κ1) is 14.9. The monoisotopic (exact) mass is 283 g/mol. The number of nitrogens with one attached hydrogen (secondary N) is 1. The van der Waals surface area contributed by atoms with Crippen LogP contribution in [0.5, 0.6) is 0 Å². The summed E-state index contributed by atoms with van der Waals surface area (Å²) in [6.07, 6.45) is 3.45. The average Bonchev–Trinajstić information content (AvgIpc) is 2.43. The molecule has 4 nitrogen and oxygen atoms in total. The lowest BCUT2D eigenvalue weighted by molar-refractivity contribution is -0.684. The van der Waals surface area contributed by atoms with E-state index in [0.29, 0.717) is 5.56 Å². The molecular formula is C17H19N2O2+. The molecule has 4 heteroatoms. The highest BCUT2D eigenvalue weighted by Gasteiger charge is 2.12. The molecule has 0 bridgehead atoms. The van der Waals surface area contributed by atoms with Gasteiger partial charge >= 0.3 is 0 Å². The van der Waals surface area contributed by atoms with Crippen molar-refractivity contribution < 1.29 is 14.2 Å². The van der Waals surface area contributed by atoms with Gasteiger partial charge in [0.2, 0.25) is 6.54 Å². The Morgan fingerprint density at radius 3 is 2.57 bits per heavy atom. The zero-order valence-electron chi connectivity index (χ0n) is 12.5. The lowest BCUT2D eigenvalue weighted by Gasteiger charge is -2.06. The average molecular weight is 283 g/mol. The highest BCUT2D eigenvalue weighted by atomic mass is 16.2. The van der Waals surface area contributed by atoms with Crippen molar-refractivity contribution in [1.82, 2.24) is 0 Å². The first-order valence-corrected chi connectivity index (χ1v) is 6.83. The Hall–Kier alpha value is -2.49. The third kappa shape index (κ3) is 3.99. The fourth-order valence-electron chi connectivity index (χ4n) is 2.01. The van der Waals surface area contributed by atoms with E-state index in [1.165, 1.54) is 12.5 Å². The number of benzene rings is 1. The van der Waals surface area contributed by atoms with Gasteiger partial charge in [0.15, 0.2) is 18.2 Å². The molecule has 0 radical (unpaired) electrons. The number of aryl methyl sites for hydroxylation is 2. The van der Waals surface area contributed by atoms with Crippen molar-refractivity contribution in [3.05, 3.63) is 59.4 Å². The zero-order valence-corrected chi connectivity index (χ0v) is 12.5. The van der Waals surface area contributed by atoms with Crippen molar-refractivity contribution in [3.8, 4) is 0 Å². The summed E-state index contributed by atoms with van der Waals surface area (Å²) in [5.74, 6) is -0.136. The minimum atomic E-state index is -0.121. The molecule has 0 atom stereocenters. The lowest BCUT2D eigenvalue weighted by Crippen LogP contribution is -2.40. The predicted octanol–water partition coefficient (Wildman–Crippen LogP) is 2.43. The minimum Gasteiger partial charge on any atom is -0.321 e. The number of anilines is 1. The summed E-state index contributed by atoms with van der Waals surface area (Å²) in [6.45, 7) is 5.73. The van der Waals surface area contributed by atoms with Gasteiger partial charge in [-0.2, -0.15) is 4.57 Å². The number of nitrogens with zero attached hydrogens (tertiary/aromatic N) is 1. The van der Waals surface area contributed by atoms with Crippen molar-refractivity contribution in [2.45, 2.75) is 27.3 Å². The van der Waals surface area contributed by atoms with Crippen LogP contribution in [0.15, 0.2) is 42.7 Å². The molecule has 2 aromatic rings. The zero-order chi connectivity index (χ0) is 15.4. The van der Waals surface area contributed by atoms with Crippen molar-refractivity contribution in [2.24, 2.45) is 0 Å². The number of aromatic nitrogens is 1. The standard InChI is InChI=1S/C17H18N2O2/c1-12-6-7-16(9-13(12)2)18-17(21)11-19-8-4-5-15(10-19)14(3)20/h4-10H,11H2,1-3H3/p+1. The normalized spacial score (nSPS) is 10.2. The van der Waals surface area contributed by atoms with Gasteiger partial charge in [0.1, 0.15) is 0 Å². The van der Waals surface area contributed by atoms with Gasteiger partial charge in [-0.15, -0.1) is 0 Å². The fraction of sp³-hybridized carbons (Fsp3) is 0.235. The Morgan fingerprint density at radius 2 is 1.90 bits per heavy atom. The number of rotatable bonds is 4. The van der Waals surface area contributed by atoms with Crippen LogP contribution in [-0.2, 0) is 11.3 Å². The summed E-state index contributed by atoms with van der Waals surface area (Å²) in [4.78, 5) is 23.4. The van der Waals surface area contributed by atoms with Crippen LogP contribution in [0.25, 0.3) is 0 Å². The fourth-order valence-corrected chi connectivity index (χ4v) is 2.01. The van der Waals surface area contributed by atoms with Gasteiger partial charge in [0, 0.05) is 11.8 Å². The van der Waals surface area contributed by atoms with Crippen LogP contribution in [0.4, 0.5) is 5.69 Å². The second kappa shape index (κ2) is 6.31. The van der Waals surface area contributed by atoms with E-state index in [-0.39, 0.29) is 18.2 Å². The Labute approximate surface area is 124 Å². The van der Waals surface area contributed by atoms with Crippen LogP contribution in [0.1, 0.15) is 28.4 Å². The SMILES string of the molecule is CC(=O)c1ccc[n+](CC(=O)Nc2ccc(C)c(C)c2)c1. The minimum absolute atomic E-state index is 0.0149. The molecule has 1 heterocycles. The Morgan fingerprint density at radius 1 is 1.14 bits per heavy atom. The molecule has 0 fully saturated rings. The summed E-state index contributed by atoms with van der Waals surface area (Å²) in [5, 5.41) is 2.86. The number of carbonyl (C=O) groups excluding carboxylic acids is 2. The summed E-state index contributed by atoms with van der Waals surface area (Å²) in [6, 6.07) is 9.31. The van der Waals surface area contributed by atoms with Crippen LogP contribution >= 0.6 is 0 Å². The molecule has 1 aromatic carbocycles. The van der Waals surface area contributed by atoms with Crippen LogP contribution in [-0.4, -0.2) is 11.7 Å². The Kier molecular flexibility index (Phi) is 4.48. The number of amides is 1. The smallest absolute Gasteiger partial charge is 0.290 e. The van der Waals surface area contributed by atoms with Gasteiger partial charge in [0.25, 0.3) is 5.91 Å². The molecule has 0 aliphatic rings. The second-order valence-corrected chi connectivity index (χ2v) is 5.17. The molecular weight excluding hydrogens is 264 g/mol. The molecule has 0 unspecified atom stereocenters. The summed E-state index contributed by atoms with van der Waals surface area (Å²) >= 11 is 0. The third-order valence-electron chi connectivity index (χ3n) is 3.38. The first-order chi connectivity index (χ1) is 9.95. The van der Waals surface area contributed by atoms with E-state index in [1.807, 2.05) is 32.0 Å². The number of pyridine rings is 1. The second-order valence-electron chi connectivity index (χ2n) is 5.17. The quantitative estimate of drug-likeness (QED) is 0.692. The number of hydrogen-bond donors (Lipinski definition) is 1. The highest BCUT2D eigenvalue weighted by Crippen LogP contribution is 2.13. The molecule has 0 saturated heterocycles. The van der Waals surface area contributed by atoms with E-state index in [2.05, 4.69) is 5.32 Å². The van der Waals surface area contributed by atoms with Crippen LogP contribution < -0.4 is 9.88 Å². The van der Waals surface area contributed by atoms with Gasteiger partial charge < -0.3 is 5.32 Å². The number of ketones is 1. The lowest BCUT2D eigenvalue weighted by atomic mass is 10.1. The topological polar surface area (TPSA) is 50.0 Å². The molecule has 108 valence electrons. The predicted molar refractivity (Wildman–Crippen MR) is 81.2 cm³/mol. The molecule has 1 amide bonds. The number of carbonyl (C=O) groups is 2. The molecule has 0 aliphatic heterocycles. The van der Waals surface area contributed by atoms with E-state index < -0.39 is 0 Å². The third-order valence-corrected chi connectivity index (χ3v) is 3.38. The summed E-state index contributed by atoms with van der Waals surface area (Å²) in [5.41, 5.74) is 3.71. The summed E-state index contributed by atoms with van der Waals surface area (Å²) < 4.78 is 1.70. The van der Waals surface area contributed by atoms with Gasteiger partial charge in [-0.1, -0.05) is 6.07 Å². The maximum absolute atomic E-state index is 12.0. The van der Waals surface area contributed by atoms with Gasteiger partial charge in [-0.05, 0) is 50.1 Å². The van der Waals surface area contributed by atoms with Crippen molar-refractivity contribution in [2.75, 3.05) is 5.32 Å². The van der Waals surface area contributed by atoms with Crippen molar-refractivity contribution in [3.63, 3.8) is 0 Å². The largest absolute Gasteiger partial charge is 0.321 e. The maximum atomic E-state index is 12.0. The van der Waals surface area contributed by atoms with Crippen LogP contribution in [0.3, 0.4) is 0 Å². The summed E-state index contributed by atoms with van der Waals surface area (Å²) in [7, 11) is 0. The van der Waals surface area contributed by atoms with Crippen LogP contribution in [0, 0.1) is 13.8 Å².